The van der Waals surface area contributed by atoms with Crippen LogP contribution in [-0.4, -0.2) is 0 Å². The normalized spacial score (nSPS) is 19.2. The van der Waals surface area contributed by atoms with E-state index in [0.717, 1.165) is 6.42 Å². The Morgan fingerprint density at radius 1 is 1.24 bits per heavy atom. The van der Waals surface area contributed by atoms with Crippen LogP contribution in [-0.2, 0) is 5.41 Å². The highest BCUT2D eigenvalue weighted by atomic mass is 35.5. The van der Waals surface area contributed by atoms with Crippen molar-refractivity contribution in [2.24, 2.45) is 0 Å². The molecule has 94 valence electrons. The fraction of sp³-hybridized carbons (Fsp3) is 0.600. The van der Waals surface area contributed by atoms with E-state index in [-0.39, 0.29) is 11.2 Å². The van der Waals surface area contributed by atoms with Gasteiger partial charge in [0.15, 0.2) is 0 Å². The summed E-state index contributed by atoms with van der Waals surface area (Å²) in [5, 5.41) is 0.611. The molecule has 1 fully saturated rings. The zero-order valence-electron chi connectivity index (χ0n) is 10.4. The van der Waals surface area contributed by atoms with Crippen molar-refractivity contribution >= 4 is 11.6 Å². The molecule has 2 rings (SSSR count). The largest absolute Gasteiger partial charge is 0.207 e. The summed E-state index contributed by atoms with van der Waals surface area (Å²) in [6.07, 6.45) is 8.59. The Morgan fingerprint density at radius 3 is 2.53 bits per heavy atom. The van der Waals surface area contributed by atoms with Crippen LogP contribution in [0.25, 0.3) is 0 Å². The zero-order valence-corrected chi connectivity index (χ0v) is 11.2. The van der Waals surface area contributed by atoms with E-state index in [1.165, 1.54) is 50.2 Å². The van der Waals surface area contributed by atoms with Crippen LogP contribution in [0.2, 0.25) is 5.02 Å². The van der Waals surface area contributed by atoms with Crippen LogP contribution in [0.4, 0.5) is 4.39 Å². The molecular weight excluding hydrogens is 235 g/mol. The molecule has 17 heavy (non-hydrogen) atoms. The molecule has 0 nitrogen and oxygen atoms in total. The lowest BCUT2D eigenvalue weighted by Gasteiger charge is -2.38. The van der Waals surface area contributed by atoms with Crippen molar-refractivity contribution in [1.29, 1.82) is 0 Å². The summed E-state index contributed by atoms with van der Waals surface area (Å²) in [5.74, 6) is -0.235. The van der Waals surface area contributed by atoms with E-state index in [0.29, 0.717) is 5.02 Å². The first kappa shape index (κ1) is 12.9. The molecule has 0 aromatic heterocycles. The highest BCUT2D eigenvalue weighted by molar-refractivity contribution is 6.31. The van der Waals surface area contributed by atoms with Crippen molar-refractivity contribution in [3.05, 3.63) is 34.6 Å². The summed E-state index contributed by atoms with van der Waals surface area (Å²) in [6, 6.07) is 4.91. The van der Waals surface area contributed by atoms with Gasteiger partial charge < -0.3 is 0 Å². The second-order valence-corrected chi connectivity index (χ2v) is 5.62. The first-order chi connectivity index (χ1) is 8.18. The van der Waals surface area contributed by atoms with E-state index >= 15 is 0 Å². The van der Waals surface area contributed by atoms with E-state index in [1.54, 1.807) is 6.07 Å². The second kappa shape index (κ2) is 5.39. The lowest BCUT2D eigenvalue weighted by molar-refractivity contribution is 0.271. The average Bonchev–Trinajstić information content (AvgIpc) is 2.30. The van der Waals surface area contributed by atoms with Crippen molar-refractivity contribution in [3.63, 3.8) is 0 Å². The monoisotopic (exact) mass is 254 g/mol. The van der Waals surface area contributed by atoms with Crippen molar-refractivity contribution < 1.29 is 4.39 Å². The van der Waals surface area contributed by atoms with Gasteiger partial charge in [0, 0.05) is 5.02 Å². The minimum absolute atomic E-state index is 0.206. The summed E-state index contributed by atoms with van der Waals surface area (Å²) < 4.78 is 13.1. The smallest absolute Gasteiger partial charge is 0.124 e. The maximum Gasteiger partial charge on any atom is 0.124 e. The first-order valence-electron chi connectivity index (χ1n) is 6.63. The van der Waals surface area contributed by atoms with E-state index in [9.17, 15) is 4.39 Å². The highest BCUT2D eigenvalue weighted by Crippen LogP contribution is 2.45. The van der Waals surface area contributed by atoms with Gasteiger partial charge in [0.2, 0.25) is 0 Å². The van der Waals surface area contributed by atoms with Crippen LogP contribution < -0.4 is 0 Å². The molecule has 1 aromatic rings. The van der Waals surface area contributed by atoms with Crippen molar-refractivity contribution in [2.75, 3.05) is 0 Å². The molecule has 0 aliphatic heterocycles. The van der Waals surface area contributed by atoms with Gasteiger partial charge in [-0.3, -0.25) is 0 Å². The van der Waals surface area contributed by atoms with Crippen LogP contribution in [0.5, 0.6) is 0 Å². The average molecular weight is 255 g/mol. The standard InChI is InChI=1S/C15H20ClF/c1-2-8-15(9-4-3-5-10-15)13-7-6-12(17)11-14(13)16/h6-7,11H,2-5,8-10H2,1H3. The van der Waals surface area contributed by atoms with E-state index < -0.39 is 0 Å². The van der Waals surface area contributed by atoms with Gasteiger partial charge in [-0.05, 0) is 42.4 Å². The summed E-state index contributed by atoms with van der Waals surface area (Å²) in [5.41, 5.74) is 1.37. The Kier molecular flexibility index (Phi) is 4.09. The van der Waals surface area contributed by atoms with Crippen LogP contribution in [0, 0.1) is 5.82 Å². The Balaban J connectivity index is 2.37. The van der Waals surface area contributed by atoms with Gasteiger partial charge in [-0.1, -0.05) is 50.3 Å². The Bertz CT molecular complexity index is 375. The third-order valence-corrected chi connectivity index (χ3v) is 4.35. The molecule has 0 atom stereocenters. The maximum absolute atomic E-state index is 13.1. The predicted molar refractivity (Wildman–Crippen MR) is 71.1 cm³/mol. The molecule has 0 spiro atoms. The molecule has 2 heteroatoms. The molecule has 0 radical (unpaired) electrons. The number of hydrogen-bond acceptors (Lipinski definition) is 0. The van der Waals surface area contributed by atoms with E-state index in [4.69, 9.17) is 11.6 Å². The van der Waals surface area contributed by atoms with Gasteiger partial charge in [0.1, 0.15) is 5.82 Å². The molecule has 0 bridgehead atoms. The van der Waals surface area contributed by atoms with Crippen molar-refractivity contribution in [2.45, 2.75) is 57.3 Å². The fourth-order valence-electron chi connectivity index (χ4n) is 3.28. The SMILES string of the molecule is CCCC1(c2ccc(F)cc2Cl)CCCCC1. The van der Waals surface area contributed by atoms with Crippen molar-refractivity contribution in [3.8, 4) is 0 Å². The lowest BCUT2D eigenvalue weighted by Crippen LogP contribution is -2.29. The summed E-state index contributed by atoms with van der Waals surface area (Å²) in [4.78, 5) is 0. The molecule has 0 heterocycles. The Hall–Kier alpha value is -0.560. The number of halogens is 2. The van der Waals surface area contributed by atoms with E-state index in [1.807, 2.05) is 6.07 Å². The van der Waals surface area contributed by atoms with Crippen LogP contribution in [0.1, 0.15) is 57.4 Å². The minimum Gasteiger partial charge on any atom is -0.207 e. The van der Waals surface area contributed by atoms with Gasteiger partial charge in [0.05, 0.1) is 0 Å². The Morgan fingerprint density at radius 2 is 1.94 bits per heavy atom. The second-order valence-electron chi connectivity index (χ2n) is 5.22. The van der Waals surface area contributed by atoms with Crippen LogP contribution in [0.3, 0.4) is 0 Å². The molecule has 0 N–H and O–H groups in total. The highest BCUT2D eigenvalue weighted by Gasteiger charge is 2.34. The molecule has 0 saturated heterocycles. The van der Waals surface area contributed by atoms with Gasteiger partial charge in [-0.25, -0.2) is 4.39 Å². The minimum atomic E-state index is -0.235. The number of rotatable bonds is 3. The molecule has 1 saturated carbocycles. The first-order valence-corrected chi connectivity index (χ1v) is 7.01. The fourth-order valence-corrected chi connectivity index (χ4v) is 3.65. The third-order valence-electron chi connectivity index (χ3n) is 4.04. The molecule has 1 aliphatic carbocycles. The zero-order chi connectivity index (χ0) is 12.3. The lowest BCUT2D eigenvalue weighted by atomic mass is 9.67. The maximum atomic E-state index is 13.1. The number of benzene rings is 1. The molecule has 0 amide bonds. The quantitative estimate of drug-likeness (QED) is 0.670. The molecule has 0 unspecified atom stereocenters. The number of hydrogen-bond donors (Lipinski definition) is 0. The van der Waals surface area contributed by atoms with Gasteiger partial charge in [-0.15, -0.1) is 0 Å². The van der Waals surface area contributed by atoms with Crippen LogP contribution in [0.15, 0.2) is 18.2 Å². The predicted octanol–water partition coefficient (Wildman–Crippen LogP) is 5.48. The van der Waals surface area contributed by atoms with Crippen molar-refractivity contribution in [1.82, 2.24) is 0 Å². The van der Waals surface area contributed by atoms with Crippen LogP contribution >= 0.6 is 11.6 Å². The van der Waals surface area contributed by atoms with Gasteiger partial charge in [0.25, 0.3) is 0 Å². The Labute approximate surface area is 108 Å². The summed E-state index contributed by atoms with van der Waals surface area (Å²) in [6.45, 7) is 2.22. The summed E-state index contributed by atoms with van der Waals surface area (Å²) in [7, 11) is 0. The van der Waals surface area contributed by atoms with Gasteiger partial charge in [-0.2, -0.15) is 0 Å². The molecule has 1 aliphatic rings. The third kappa shape index (κ3) is 2.65. The van der Waals surface area contributed by atoms with Gasteiger partial charge >= 0.3 is 0 Å². The summed E-state index contributed by atoms with van der Waals surface area (Å²) >= 11 is 6.25. The molecule has 1 aromatic carbocycles. The van der Waals surface area contributed by atoms with E-state index in [2.05, 4.69) is 6.92 Å². The topological polar surface area (TPSA) is 0 Å². The molecular formula is C15H20ClF.